The van der Waals surface area contributed by atoms with Crippen molar-refractivity contribution >= 4 is 28.6 Å². The second-order valence-electron chi connectivity index (χ2n) is 4.67. The summed E-state index contributed by atoms with van der Waals surface area (Å²) in [4.78, 5) is 13.3. The van der Waals surface area contributed by atoms with Crippen molar-refractivity contribution in [2.75, 3.05) is 6.61 Å². The minimum absolute atomic E-state index is 0.00995. The number of amides is 1. The SMILES string of the molecule is O=C(COc1ccccc1)N[C@@H](c1ccsc1)c1cccs1. The lowest BCUT2D eigenvalue weighted by Crippen LogP contribution is -2.32. The summed E-state index contributed by atoms with van der Waals surface area (Å²) in [5.41, 5.74) is 1.10. The molecular weight excluding hydrogens is 314 g/mol. The van der Waals surface area contributed by atoms with Crippen molar-refractivity contribution in [3.05, 3.63) is 75.1 Å². The Hall–Kier alpha value is -2.11. The fraction of sp³-hybridized carbons (Fsp3) is 0.118. The zero-order chi connectivity index (χ0) is 15.2. The fourth-order valence-electron chi connectivity index (χ4n) is 2.08. The van der Waals surface area contributed by atoms with E-state index in [0.29, 0.717) is 5.75 Å². The maximum absolute atomic E-state index is 12.2. The molecule has 0 aliphatic rings. The minimum Gasteiger partial charge on any atom is -0.484 e. The van der Waals surface area contributed by atoms with E-state index in [4.69, 9.17) is 4.74 Å². The van der Waals surface area contributed by atoms with E-state index in [9.17, 15) is 4.79 Å². The summed E-state index contributed by atoms with van der Waals surface area (Å²) in [7, 11) is 0. The molecule has 0 unspecified atom stereocenters. The Balaban J connectivity index is 1.65. The average Bonchev–Trinajstić information content (AvgIpc) is 3.25. The quantitative estimate of drug-likeness (QED) is 0.739. The number of hydrogen-bond acceptors (Lipinski definition) is 4. The molecule has 2 heterocycles. The number of benzene rings is 1. The van der Waals surface area contributed by atoms with Crippen LogP contribution in [0.15, 0.2) is 64.7 Å². The topological polar surface area (TPSA) is 38.3 Å². The van der Waals surface area contributed by atoms with Gasteiger partial charge in [-0.25, -0.2) is 0 Å². The summed E-state index contributed by atoms with van der Waals surface area (Å²) in [6.45, 7) is 0.00995. The minimum atomic E-state index is -0.131. The highest BCUT2D eigenvalue weighted by Gasteiger charge is 2.18. The number of carbonyl (C=O) groups excluding carboxylic acids is 1. The number of para-hydroxylation sites is 1. The highest BCUT2D eigenvalue weighted by atomic mass is 32.1. The smallest absolute Gasteiger partial charge is 0.258 e. The zero-order valence-corrected chi connectivity index (χ0v) is 13.4. The van der Waals surface area contributed by atoms with E-state index in [-0.39, 0.29) is 18.6 Å². The molecule has 0 aliphatic heterocycles. The Kier molecular flexibility index (Phi) is 4.88. The van der Waals surface area contributed by atoms with Crippen LogP contribution >= 0.6 is 22.7 Å². The highest BCUT2D eigenvalue weighted by molar-refractivity contribution is 7.10. The maximum Gasteiger partial charge on any atom is 0.258 e. The van der Waals surface area contributed by atoms with Crippen LogP contribution in [0, 0.1) is 0 Å². The molecule has 1 N–H and O–H groups in total. The lowest BCUT2D eigenvalue weighted by Gasteiger charge is -2.17. The van der Waals surface area contributed by atoms with E-state index < -0.39 is 0 Å². The van der Waals surface area contributed by atoms with Crippen molar-refractivity contribution in [2.24, 2.45) is 0 Å². The van der Waals surface area contributed by atoms with Crippen molar-refractivity contribution < 1.29 is 9.53 Å². The molecule has 0 saturated carbocycles. The van der Waals surface area contributed by atoms with Crippen molar-refractivity contribution in [1.82, 2.24) is 5.32 Å². The Morgan fingerprint density at radius 1 is 1.09 bits per heavy atom. The van der Waals surface area contributed by atoms with Crippen LogP contribution in [0.4, 0.5) is 0 Å². The van der Waals surface area contributed by atoms with Crippen molar-refractivity contribution in [1.29, 1.82) is 0 Å². The van der Waals surface area contributed by atoms with Crippen molar-refractivity contribution in [2.45, 2.75) is 6.04 Å². The van der Waals surface area contributed by atoms with Crippen LogP contribution in [0.1, 0.15) is 16.5 Å². The molecule has 5 heteroatoms. The molecule has 0 saturated heterocycles. The van der Waals surface area contributed by atoms with Crippen LogP contribution in [0.25, 0.3) is 0 Å². The summed E-state index contributed by atoms with van der Waals surface area (Å²) < 4.78 is 5.50. The second-order valence-corrected chi connectivity index (χ2v) is 6.43. The van der Waals surface area contributed by atoms with Gasteiger partial charge in [0.15, 0.2) is 6.61 Å². The molecule has 112 valence electrons. The van der Waals surface area contributed by atoms with E-state index in [2.05, 4.69) is 10.7 Å². The van der Waals surface area contributed by atoms with Gasteiger partial charge >= 0.3 is 0 Å². The molecule has 1 aromatic carbocycles. The summed E-state index contributed by atoms with van der Waals surface area (Å²) in [6, 6.07) is 15.3. The molecule has 1 atom stereocenters. The third-order valence-electron chi connectivity index (χ3n) is 3.12. The van der Waals surface area contributed by atoms with E-state index in [0.717, 1.165) is 10.4 Å². The maximum atomic E-state index is 12.2. The Labute approximate surface area is 137 Å². The van der Waals surface area contributed by atoms with Gasteiger partial charge in [-0.1, -0.05) is 24.3 Å². The standard InChI is InChI=1S/C17H15NO2S2/c19-16(11-20-14-5-2-1-3-6-14)18-17(13-8-10-21-12-13)15-7-4-9-22-15/h1-10,12,17H,11H2,(H,18,19)/t17-/m0/s1. The molecule has 2 aromatic heterocycles. The third-order valence-corrected chi connectivity index (χ3v) is 4.76. The molecule has 1 amide bonds. The average molecular weight is 329 g/mol. The predicted octanol–water partition coefficient (Wildman–Crippen LogP) is 4.09. The number of hydrogen-bond donors (Lipinski definition) is 1. The number of nitrogens with one attached hydrogen (secondary N) is 1. The molecule has 3 nitrogen and oxygen atoms in total. The van der Waals surface area contributed by atoms with Crippen molar-refractivity contribution in [3.63, 3.8) is 0 Å². The van der Waals surface area contributed by atoms with Crippen LogP contribution in [-0.4, -0.2) is 12.5 Å². The lowest BCUT2D eigenvalue weighted by atomic mass is 10.1. The van der Waals surface area contributed by atoms with Gasteiger partial charge in [-0.05, 0) is 46.0 Å². The highest BCUT2D eigenvalue weighted by Crippen LogP contribution is 2.27. The number of carbonyl (C=O) groups is 1. The van der Waals surface area contributed by atoms with Gasteiger partial charge in [0.1, 0.15) is 5.75 Å². The zero-order valence-electron chi connectivity index (χ0n) is 11.8. The lowest BCUT2D eigenvalue weighted by molar-refractivity contribution is -0.123. The fourth-order valence-corrected chi connectivity index (χ4v) is 3.57. The van der Waals surface area contributed by atoms with Crippen LogP contribution < -0.4 is 10.1 Å². The van der Waals surface area contributed by atoms with Gasteiger partial charge in [0.05, 0.1) is 6.04 Å². The van der Waals surface area contributed by atoms with Gasteiger partial charge in [-0.2, -0.15) is 11.3 Å². The van der Waals surface area contributed by atoms with Crippen LogP contribution in [0.2, 0.25) is 0 Å². The van der Waals surface area contributed by atoms with Gasteiger partial charge in [0, 0.05) is 4.88 Å². The molecule has 0 spiro atoms. The van der Waals surface area contributed by atoms with Crippen LogP contribution in [0.3, 0.4) is 0 Å². The van der Waals surface area contributed by atoms with Crippen LogP contribution in [-0.2, 0) is 4.79 Å². The van der Waals surface area contributed by atoms with E-state index in [1.807, 2.05) is 59.3 Å². The van der Waals surface area contributed by atoms with Gasteiger partial charge < -0.3 is 10.1 Å². The Morgan fingerprint density at radius 2 is 1.95 bits per heavy atom. The number of ether oxygens (including phenoxy) is 1. The summed E-state index contributed by atoms with van der Waals surface area (Å²) in [5.74, 6) is 0.564. The first-order chi connectivity index (χ1) is 10.8. The first-order valence-corrected chi connectivity index (χ1v) is 8.68. The first kappa shape index (κ1) is 14.8. The van der Waals surface area contributed by atoms with Crippen molar-refractivity contribution in [3.8, 4) is 5.75 Å². The monoisotopic (exact) mass is 329 g/mol. The van der Waals surface area contributed by atoms with Gasteiger partial charge in [0.25, 0.3) is 5.91 Å². The van der Waals surface area contributed by atoms with E-state index >= 15 is 0 Å². The number of rotatable bonds is 6. The Bertz CT molecular complexity index is 659. The predicted molar refractivity (Wildman–Crippen MR) is 90.6 cm³/mol. The van der Waals surface area contributed by atoms with E-state index in [1.165, 1.54) is 0 Å². The molecular formula is C17H15NO2S2. The Morgan fingerprint density at radius 3 is 2.64 bits per heavy atom. The van der Waals surface area contributed by atoms with Gasteiger partial charge in [-0.3, -0.25) is 4.79 Å². The molecule has 0 aliphatic carbocycles. The normalized spacial score (nSPS) is 11.8. The number of thiophene rings is 2. The third kappa shape index (κ3) is 3.75. The molecule has 0 radical (unpaired) electrons. The molecule has 3 aromatic rings. The van der Waals surface area contributed by atoms with E-state index in [1.54, 1.807) is 22.7 Å². The molecule has 0 bridgehead atoms. The largest absolute Gasteiger partial charge is 0.484 e. The summed E-state index contributed by atoms with van der Waals surface area (Å²) in [5, 5.41) is 9.14. The van der Waals surface area contributed by atoms with Gasteiger partial charge in [0.2, 0.25) is 0 Å². The second kappa shape index (κ2) is 7.24. The van der Waals surface area contributed by atoms with Crippen LogP contribution in [0.5, 0.6) is 5.75 Å². The molecule has 22 heavy (non-hydrogen) atoms. The van der Waals surface area contributed by atoms with Gasteiger partial charge in [-0.15, -0.1) is 11.3 Å². The first-order valence-electron chi connectivity index (χ1n) is 6.85. The molecule has 3 rings (SSSR count). The summed E-state index contributed by atoms with van der Waals surface area (Å²) in [6.07, 6.45) is 0. The molecule has 0 fully saturated rings. The summed E-state index contributed by atoms with van der Waals surface area (Å²) >= 11 is 3.26.